The molecule has 1 aliphatic rings. The standard InChI is InChI=1S/C22H29N3O3/c1-27-20-7-5-17(14-21(20)28-2)10-13-25-19(6-8-22(25)26)9-12-24-16-18-4-3-11-23-15-18/h3-5,7,11,14-15,19,24H,6,8-10,12-13,16H2,1-2H3/t19-/m0/s1. The second-order valence-electron chi connectivity index (χ2n) is 7.05. The zero-order chi connectivity index (χ0) is 19.8. The summed E-state index contributed by atoms with van der Waals surface area (Å²) in [4.78, 5) is 18.5. The summed E-state index contributed by atoms with van der Waals surface area (Å²) in [5.41, 5.74) is 2.32. The van der Waals surface area contributed by atoms with Gasteiger partial charge in [-0.15, -0.1) is 0 Å². The molecule has 1 aromatic carbocycles. The molecule has 0 unspecified atom stereocenters. The second-order valence-corrected chi connectivity index (χ2v) is 7.05. The van der Waals surface area contributed by atoms with Crippen molar-refractivity contribution < 1.29 is 14.3 Å². The van der Waals surface area contributed by atoms with E-state index in [0.29, 0.717) is 12.5 Å². The number of hydrogen-bond donors (Lipinski definition) is 1. The predicted octanol–water partition coefficient (Wildman–Crippen LogP) is 2.81. The molecule has 0 spiro atoms. The van der Waals surface area contributed by atoms with Gasteiger partial charge in [-0.3, -0.25) is 9.78 Å². The number of nitrogens with zero attached hydrogens (tertiary/aromatic N) is 2. The molecule has 150 valence electrons. The van der Waals surface area contributed by atoms with Crippen molar-refractivity contribution in [2.45, 2.75) is 38.3 Å². The van der Waals surface area contributed by atoms with Crippen LogP contribution in [0, 0.1) is 0 Å². The summed E-state index contributed by atoms with van der Waals surface area (Å²) in [5, 5.41) is 3.46. The Labute approximate surface area is 166 Å². The number of benzene rings is 1. The van der Waals surface area contributed by atoms with E-state index < -0.39 is 0 Å². The largest absolute Gasteiger partial charge is 0.493 e. The number of carbonyl (C=O) groups excluding carboxylic acids is 1. The van der Waals surface area contributed by atoms with Crippen LogP contribution in [-0.4, -0.2) is 49.1 Å². The van der Waals surface area contributed by atoms with Crippen LogP contribution < -0.4 is 14.8 Å². The molecule has 1 atom stereocenters. The Morgan fingerprint density at radius 1 is 1.18 bits per heavy atom. The summed E-state index contributed by atoms with van der Waals surface area (Å²) in [6, 6.07) is 10.3. The van der Waals surface area contributed by atoms with Crippen LogP contribution >= 0.6 is 0 Å². The monoisotopic (exact) mass is 383 g/mol. The van der Waals surface area contributed by atoms with E-state index in [1.54, 1.807) is 20.4 Å². The number of ether oxygens (including phenoxy) is 2. The van der Waals surface area contributed by atoms with Gasteiger partial charge in [0.25, 0.3) is 0 Å². The number of rotatable bonds is 10. The molecule has 1 fully saturated rings. The predicted molar refractivity (Wildman–Crippen MR) is 109 cm³/mol. The van der Waals surface area contributed by atoms with E-state index in [1.165, 1.54) is 5.56 Å². The highest BCUT2D eigenvalue weighted by atomic mass is 16.5. The lowest BCUT2D eigenvalue weighted by Crippen LogP contribution is -2.36. The second kappa shape index (κ2) is 10.1. The third-order valence-corrected chi connectivity index (χ3v) is 5.25. The van der Waals surface area contributed by atoms with Crippen molar-refractivity contribution in [2.24, 2.45) is 0 Å². The maximum Gasteiger partial charge on any atom is 0.222 e. The normalized spacial score (nSPS) is 16.4. The van der Waals surface area contributed by atoms with Crippen molar-refractivity contribution in [3.63, 3.8) is 0 Å². The van der Waals surface area contributed by atoms with Crippen molar-refractivity contribution >= 4 is 5.91 Å². The van der Waals surface area contributed by atoms with Crippen molar-refractivity contribution in [3.8, 4) is 11.5 Å². The molecule has 6 nitrogen and oxygen atoms in total. The minimum absolute atomic E-state index is 0.262. The molecule has 2 heterocycles. The Morgan fingerprint density at radius 3 is 2.79 bits per heavy atom. The van der Waals surface area contributed by atoms with Crippen LogP contribution in [-0.2, 0) is 17.8 Å². The number of likely N-dealkylation sites (tertiary alicyclic amines) is 1. The minimum atomic E-state index is 0.262. The van der Waals surface area contributed by atoms with Crippen LogP contribution in [0.2, 0.25) is 0 Å². The Balaban J connectivity index is 1.48. The average molecular weight is 383 g/mol. The van der Waals surface area contributed by atoms with E-state index in [4.69, 9.17) is 9.47 Å². The molecule has 0 bridgehead atoms. The van der Waals surface area contributed by atoms with E-state index in [-0.39, 0.29) is 5.91 Å². The first-order valence-corrected chi connectivity index (χ1v) is 9.81. The molecular weight excluding hydrogens is 354 g/mol. The molecule has 0 radical (unpaired) electrons. The van der Waals surface area contributed by atoms with Gasteiger partial charge >= 0.3 is 0 Å². The molecular formula is C22H29N3O3. The van der Waals surface area contributed by atoms with Gasteiger partial charge in [-0.05, 0) is 55.1 Å². The summed E-state index contributed by atoms with van der Waals surface area (Å²) in [6.07, 6.45) is 7.04. The van der Waals surface area contributed by atoms with Crippen molar-refractivity contribution in [3.05, 3.63) is 53.9 Å². The SMILES string of the molecule is COc1ccc(CCN2C(=O)CC[C@H]2CCNCc2cccnc2)cc1OC. The average Bonchev–Trinajstić information content (AvgIpc) is 3.09. The van der Waals surface area contributed by atoms with Crippen molar-refractivity contribution in [2.75, 3.05) is 27.3 Å². The fourth-order valence-corrected chi connectivity index (χ4v) is 3.69. The summed E-state index contributed by atoms with van der Waals surface area (Å²) in [7, 11) is 3.27. The van der Waals surface area contributed by atoms with Crippen LogP contribution in [0.3, 0.4) is 0 Å². The smallest absolute Gasteiger partial charge is 0.222 e. The van der Waals surface area contributed by atoms with Gasteiger partial charge < -0.3 is 19.7 Å². The highest BCUT2D eigenvalue weighted by Crippen LogP contribution is 2.28. The molecule has 1 N–H and O–H groups in total. The van der Waals surface area contributed by atoms with Crippen LogP contribution in [0.25, 0.3) is 0 Å². The molecule has 1 aliphatic heterocycles. The van der Waals surface area contributed by atoms with Gasteiger partial charge in [0, 0.05) is 37.9 Å². The zero-order valence-electron chi connectivity index (χ0n) is 16.7. The summed E-state index contributed by atoms with van der Waals surface area (Å²) < 4.78 is 10.7. The number of amides is 1. The molecule has 28 heavy (non-hydrogen) atoms. The summed E-state index contributed by atoms with van der Waals surface area (Å²) in [5.74, 6) is 1.71. The van der Waals surface area contributed by atoms with Gasteiger partial charge in [-0.25, -0.2) is 0 Å². The molecule has 0 saturated carbocycles. The number of hydrogen-bond acceptors (Lipinski definition) is 5. The summed E-state index contributed by atoms with van der Waals surface area (Å²) >= 11 is 0. The van der Waals surface area contributed by atoms with Crippen molar-refractivity contribution in [1.82, 2.24) is 15.2 Å². The number of methoxy groups -OCH3 is 2. The van der Waals surface area contributed by atoms with Gasteiger partial charge in [0.1, 0.15) is 0 Å². The fraction of sp³-hybridized carbons (Fsp3) is 0.455. The van der Waals surface area contributed by atoms with Crippen LogP contribution in [0.4, 0.5) is 0 Å². The van der Waals surface area contributed by atoms with Gasteiger partial charge in [-0.1, -0.05) is 12.1 Å². The maximum atomic E-state index is 12.3. The van der Waals surface area contributed by atoms with E-state index in [1.807, 2.05) is 35.4 Å². The molecule has 1 aromatic heterocycles. The van der Waals surface area contributed by atoms with Gasteiger partial charge in [0.2, 0.25) is 5.91 Å². The minimum Gasteiger partial charge on any atom is -0.493 e. The lowest BCUT2D eigenvalue weighted by molar-refractivity contribution is -0.129. The third kappa shape index (κ3) is 5.23. The molecule has 6 heteroatoms. The van der Waals surface area contributed by atoms with E-state index >= 15 is 0 Å². The van der Waals surface area contributed by atoms with Gasteiger partial charge in [-0.2, -0.15) is 0 Å². The number of pyridine rings is 1. The van der Waals surface area contributed by atoms with Crippen LogP contribution in [0.5, 0.6) is 11.5 Å². The Morgan fingerprint density at radius 2 is 2.04 bits per heavy atom. The first-order chi connectivity index (χ1) is 13.7. The first-order valence-electron chi connectivity index (χ1n) is 9.81. The number of nitrogens with one attached hydrogen (secondary N) is 1. The van der Waals surface area contributed by atoms with Gasteiger partial charge in [0.15, 0.2) is 11.5 Å². The van der Waals surface area contributed by atoms with Crippen LogP contribution in [0.15, 0.2) is 42.7 Å². The first kappa shape index (κ1) is 20.1. The molecule has 0 aliphatic carbocycles. The quantitative estimate of drug-likeness (QED) is 0.639. The highest BCUT2D eigenvalue weighted by Gasteiger charge is 2.29. The Kier molecular flexibility index (Phi) is 7.25. The topological polar surface area (TPSA) is 63.7 Å². The highest BCUT2D eigenvalue weighted by molar-refractivity contribution is 5.78. The lowest BCUT2D eigenvalue weighted by Gasteiger charge is -2.25. The zero-order valence-corrected chi connectivity index (χ0v) is 16.7. The van der Waals surface area contributed by atoms with E-state index in [2.05, 4.69) is 16.4 Å². The fourth-order valence-electron chi connectivity index (χ4n) is 3.69. The van der Waals surface area contributed by atoms with Crippen LogP contribution in [0.1, 0.15) is 30.4 Å². The Bertz CT molecular complexity index is 767. The molecule has 3 rings (SSSR count). The molecule has 2 aromatic rings. The number of carbonyl (C=O) groups is 1. The van der Waals surface area contributed by atoms with Crippen molar-refractivity contribution in [1.29, 1.82) is 0 Å². The number of aromatic nitrogens is 1. The van der Waals surface area contributed by atoms with E-state index in [0.717, 1.165) is 56.0 Å². The summed E-state index contributed by atoms with van der Waals surface area (Å²) in [6.45, 7) is 2.43. The maximum absolute atomic E-state index is 12.3. The molecule has 1 amide bonds. The third-order valence-electron chi connectivity index (χ3n) is 5.25. The van der Waals surface area contributed by atoms with E-state index in [9.17, 15) is 4.79 Å². The van der Waals surface area contributed by atoms with Gasteiger partial charge in [0.05, 0.1) is 14.2 Å². The lowest BCUT2D eigenvalue weighted by atomic mass is 10.1. The molecule has 1 saturated heterocycles. The Hall–Kier alpha value is -2.60.